The summed E-state index contributed by atoms with van der Waals surface area (Å²) >= 11 is 5.87. The summed E-state index contributed by atoms with van der Waals surface area (Å²) < 4.78 is 13.2. The van der Waals surface area contributed by atoms with Crippen LogP contribution in [0.2, 0.25) is 5.02 Å². The second-order valence-electron chi connectivity index (χ2n) is 5.64. The molecule has 4 nitrogen and oxygen atoms in total. The van der Waals surface area contributed by atoms with E-state index >= 15 is 0 Å². The highest BCUT2D eigenvalue weighted by Crippen LogP contribution is 2.30. The van der Waals surface area contributed by atoms with Gasteiger partial charge in [0.2, 0.25) is 0 Å². The Kier molecular flexibility index (Phi) is 5.14. The molecule has 0 aliphatic carbocycles. The number of hydrogen-bond acceptors (Lipinski definition) is 2. The Morgan fingerprint density at radius 3 is 2.48 bits per heavy atom. The summed E-state index contributed by atoms with van der Waals surface area (Å²) in [6.45, 7) is 2.04. The summed E-state index contributed by atoms with van der Waals surface area (Å²) in [6.07, 6.45) is 1.64. The highest BCUT2D eigenvalue weighted by atomic mass is 35.5. The Morgan fingerprint density at radius 1 is 1.16 bits per heavy atom. The van der Waals surface area contributed by atoms with Crippen LogP contribution in [0.15, 0.2) is 48.5 Å². The van der Waals surface area contributed by atoms with Crippen LogP contribution in [-0.4, -0.2) is 16.1 Å². The first-order chi connectivity index (χ1) is 12.1. The molecular weight excluding hydrogens is 341 g/mol. The minimum atomic E-state index is -0.320. The molecule has 0 aliphatic heterocycles. The van der Waals surface area contributed by atoms with E-state index in [9.17, 15) is 9.18 Å². The van der Waals surface area contributed by atoms with Crippen LogP contribution >= 0.6 is 11.6 Å². The van der Waals surface area contributed by atoms with Crippen molar-refractivity contribution in [2.24, 2.45) is 0 Å². The predicted octanol–water partition coefficient (Wildman–Crippen LogP) is 5.07. The van der Waals surface area contributed by atoms with Gasteiger partial charge < -0.3 is 5.32 Å². The van der Waals surface area contributed by atoms with Crippen LogP contribution in [0.25, 0.3) is 11.3 Å². The lowest BCUT2D eigenvalue weighted by Gasteiger charge is -2.09. The van der Waals surface area contributed by atoms with Gasteiger partial charge >= 0.3 is 0 Å². The molecule has 0 atom stereocenters. The number of halogens is 2. The summed E-state index contributed by atoms with van der Waals surface area (Å²) in [6, 6.07) is 12.7. The molecule has 25 heavy (non-hydrogen) atoms. The van der Waals surface area contributed by atoms with Crippen molar-refractivity contribution in [3.63, 3.8) is 0 Å². The van der Waals surface area contributed by atoms with E-state index in [1.807, 2.05) is 6.92 Å². The molecule has 1 amide bonds. The summed E-state index contributed by atoms with van der Waals surface area (Å²) in [5.41, 5.74) is 3.27. The smallest absolute Gasteiger partial charge is 0.255 e. The summed E-state index contributed by atoms with van der Waals surface area (Å²) in [5, 5.41) is 10.8. The van der Waals surface area contributed by atoms with Gasteiger partial charge in [-0.3, -0.25) is 9.89 Å². The second-order valence-corrected chi connectivity index (χ2v) is 6.08. The average molecular weight is 358 g/mol. The number of H-pyrrole nitrogens is 1. The van der Waals surface area contributed by atoms with Crippen molar-refractivity contribution < 1.29 is 9.18 Å². The van der Waals surface area contributed by atoms with Crippen molar-refractivity contribution in [2.75, 3.05) is 5.32 Å². The molecule has 0 spiro atoms. The zero-order valence-electron chi connectivity index (χ0n) is 13.6. The van der Waals surface area contributed by atoms with Gasteiger partial charge in [-0.1, -0.05) is 24.9 Å². The number of amides is 1. The fraction of sp³-hybridized carbons (Fsp3) is 0.158. The number of benzene rings is 2. The molecule has 0 radical (unpaired) electrons. The molecule has 0 bridgehead atoms. The van der Waals surface area contributed by atoms with Gasteiger partial charge in [0, 0.05) is 16.1 Å². The highest BCUT2D eigenvalue weighted by molar-refractivity contribution is 6.30. The Morgan fingerprint density at radius 2 is 1.84 bits per heavy atom. The van der Waals surface area contributed by atoms with Crippen molar-refractivity contribution in [3.05, 3.63) is 70.6 Å². The van der Waals surface area contributed by atoms with Crippen LogP contribution in [0.4, 0.5) is 10.1 Å². The molecule has 3 aromatic rings. The summed E-state index contributed by atoms with van der Waals surface area (Å²) in [4.78, 5) is 12.6. The quantitative estimate of drug-likeness (QED) is 0.669. The van der Waals surface area contributed by atoms with E-state index in [1.54, 1.807) is 36.4 Å². The Bertz CT molecular complexity index is 873. The van der Waals surface area contributed by atoms with E-state index in [-0.39, 0.29) is 11.7 Å². The number of carbonyl (C=O) groups excluding carboxylic acids is 1. The first kappa shape index (κ1) is 17.2. The first-order valence-corrected chi connectivity index (χ1v) is 8.36. The molecule has 0 saturated carbocycles. The number of aryl methyl sites for hydroxylation is 1. The van der Waals surface area contributed by atoms with Gasteiger partial charge in [0.15, 0.2) is 0 Å². The van der Waals surface area contributed by atoms with Gasteiger partial charge in [-0.2, -0.15) is 5.10 Å². The fourth-order valence-corrected chi connectivity index (χ4v) is 2.67. The standard InChI is InChI=1S/C19H17ClFN3O/c1-2-3-16-18(22-19(25)13-4-8-14(20)9-5-13)17(24-23-16)12-6-10-15(21)11-7-12/h4-11H,2-3H2,1H3,(H,22,25)(H,23,24). The molecule has 0 fully saturated rings. The third kappa shape index (κ3) is 3.88. The van der Waals surface area contributed by atoms with Crippen LogP contribution in [0.3, 0.4) is 0 Å². The Hall–Kier alpha value is -2.66. The molecule has 1 aromatic heterocycles. The third-order valence-corrected chi connectivity index (χ3v) is 4.06. The normalized spacial score (nSPS) is 10.7. The third-order valence-electron chi connectivity index (χ3n) is 3.80. The Labute approximate surface area is 150 Å². The van der Waals surface area contributed by atoms with E-state index in [4.69, 9.17) is 11.6 Å². The van der Waals surface area contributed by atoms with E-state index in [2.05, 4.69) is 15.5 Å². The minimum Gasteiger partial charge on any atom is -0.319 e. The summed E-state index contributed by atoms with van der Waals surface area (Å²) in [7, 11) is 0. The molecule has 0 aliphatic rings. The molecule has 1 heterocycles. The van der Waals surface area contributed by atoms with Crippen LogP contribution in [0, 0.1) is 5.82 Å². The van der Waals surface area contributed by atoms with Gasteiger partial charge in [0.1, 0.15) is 11.5 Å². The number of aromatic nitrogens is 2. The van der Waals surface area contributed by atoms with Gasteiger partial charge in [-0.15, -0.1) is 0 Å². The average Bonchev–Trinajstić information content (AvgIpc) is 2.99. The number of rotatable bonds is 5. The van der Waals surface area contributed by atoms with Crippen LogP contribution in [0.1, 0.15) is 29.4 Å². The number of nitrogens with one attached hydrogen (secondary N) is 2. The number of hydrogen-bond donors (Lipinski definition) is 2. The molecule has 2 N–H and O–H groups in total. The molecule has 6 heteroatoms. The number of aromatic amines is 1. The molecule has 2 aromatic carbocycles. The van der Waals surface area contributed by atoms with Crippen LogP contribution in [0.5, 0.6) is 0 Å². The molecule has 3 rings (SSSR count). The lowest BCUT2D eigenvalue weighted by molar-refractivity contribution is 0.102. The maximum atomic E-state index is 13.2. The largest absolute Gasteiger partial charge is 0.319 e. The fourth-order valence-electron chi connectivity index (χ4n) is 2.55. The maximum absolute atomic E-state index is 13.2. The van der Waals surface area contributed by atoms with E-state index < -0.39 is 0 Å². The molecule has 0 unspecified atom stereocenters. The van der Waals surface area contributed by atoms with E-state index in [0.29, 0.717) is 22.0 Å². The topological polar surface area (TPSA) is 57.8 Å². The molecule has 0 saturated heterocycles. The minimum absolute atomic E-state index is 0.251. The van der Waals surface area contributed by atoms with E-state index in [0.717, 1.165) is 24.1 Å². The van der Waals surface area contributed by atoms with E-state index in [1.165, 1.54) is 12.1 Å². The second kappa shape index (κ2) is 7.49. The number of anilines is 1. The lowest BCUT2D eigenvalue weighted by atomic mass is 10.1. The van der Waals surface area contributed by atoms with Crippen LogP contribution in [-0.2, 0) is 6.42 Å². The maximum Gasteiger partial charge on any atom is 0.255 e. The molecular formula is C19H17ClFN3O. The van der Waals surface area contributed by atoms with Gasteiger partial charge in [0.25, 0.3) is 5.91 Å². The monoisotopic (exact) mass is 357 g/mol. The van der Waals surface area contributed by atoms with Gasteiger partial charge in [-0.05, 0) is 55.0 Å². The number of nitrogens with zero attached hydrogens (tertiary/aromatic N) is 1. The van der Waals surface area contributed by atoms with Crippen LogP contribution < -0.4 is 5.32 Å². The number of carbonyl (C=O) groups is 1. The zero-order valence-corrected chi connectivity index (χ0v) is 14.4. The lowest BCUT2D eigenvalue weighted by Crippen LogP contribution is -2.13. The van der Waals surface area contributed by atoms with Crippen molar-refractivity contribution in [2.45, 2.75) is 19.8 Å². The highest BCUT2D eigenvalue weighted by Gasteiger charge is 2.17. The SMILES string of the molecule is CCCc1[nH]nc(-c2ccc(F)cc2)c1NC(=O)c1ccc(Cl)cc1. The first-order valence-electron chi connectivity index (χ1n) is 7.98. The van der Waals surface area contributed by atoms with Crippen molar-refractivity contribution in [3.8, 4) is 11.3 Å². The van der Waals surface area contributed by atoms with Crippen molar-refractivity contribution >= 4 is 23.2 Å². The Balaban J connectivity index is 1.95. The van der Waals surface area contributed by atoms with Gasteiger partial charge in [0.05, 0.1) is 11.4 Å². The van der Waals surface area contributed by atoms with Crippen molar-refractivity contribution in [1.29, 1.82) is 0 Å². The zero-order chi connectivity index (χ0) is 17.8. The summed E-state index contributed by atoms with van der Waals surface area (Å²) in [5.74, 6) is -0.571. The van der Waals surface area contributed by atoms with Crippen molar-refractivity contribution in [1.82, 2.24) is 10.2 Å². The van der Waals surface area contributed by atoms with Gasteiger partial charge in [-0.25, -0.2) is 4.39 Å². The molecule has 128 valence electrons. The predicted molar refractivity (Wildman–Crippen MR) is 97.4 cm³/mol.